The van der Waals surface area contributed by atoms with E-state index in [-0.39, 0.29) is 11.6 Å². The third kappa shape index (κ3) is 3.47. The van der Waals surface area contributed by atoms with Crippen LogP contribution in [-0.2, 0) is 13.0 Å². The van der Waals surface area contributed by atoms with Gasteiger partial charge < -0.3 is 10.1 Å². The average Bonchev–Trinajstić information content (AvgIpc) is 2.46. The fourth-order valence-corrected chi connectivity index (χ4v) is 1.88. The van der Waals surface area contributed by atoms with Crippen molar-refractivity contribution in [2.24, 2.45) is 0 Å². The molecule has 0 fully saturated rings. The van der Waals surface area contributed by atoms with E-state index in [4.69, 9.17) is 4.74 Å². The zero-order chi connectivity index (χ0) is 13.7. The SMILES string of the molecule is CCc1ccc(NCc2ccc(OC)c(F)c2)cc1. The first-order valence-corrected chi connectivity index (χ1v) is 6.38. The highest BCUT2D eigenvalue weighted by molar-refractivity contribution is 5.45. The maximum Gasteiger partial charge on any atom is 0.165 e. The first-order chi connectivity index (χ1) is 9.22. The molecule has 19 heavy (non-hydrogen) atoms. The summed E-state index contributed by atoms with van der Waals surface area (Å²) in [4.78, 5) is 0. The summed E-state index contributed by atoms with van der Waals surface area (Å²) in [6.45, 7) is 2.72. The summed E-state index contributed by atoms with van der Waals surface area (Å²) in [5, 5.41) is 3.27. The fraction of sp³-hybridized carbons (Fsp3) is 0.250. The summed E-state index contributed by atoms with van der Waals surface area (Å²) in [6, 6.07) is 13.3. The van der Waals surface area contributed by atoms with Gasteiger partial charge in [-0.15, -0.1) is 0 Å². The minimum atomic E-state index is -0.330. The van der Waals surface area contributed by atoms with E-state index in [1.165, 1.54) is 18.7 Å². The largest absolute Gasteiger partial charge is 0.494 e. The number of rotatable bonds is 5. The standard InChI is InChI=1S/C16H18FNO/c1-3-12-4-7-14(8-5-12)18-11-13-6-9-16(19-2)15(17)10-13/h4-10,18H,3,11H2,1-2H3. The predicted molar refractivity (Wildman–Crippen MR) is 76.1 cm³/mol. The minimum absolute atomic E-state index is 0.274. The number of nitrogens with one attached hydrogen (secondary N) is 1. The molecule has 0 spiro atoms. The summed E-state index contributed by atoms with van der Waals surface area (Å²) in [7, 11) is 1.46. The zero-order valence-corrected chi connectivity index (χ0v) is 11.2. The molecule has 0 heterocycles. The van der Waals surface area contributed by atoms with Gasteiger partial charge >= 0.3 is 0 Å². The predicted octanol–water partition coefficient (Wildman–Crippen LogP) is 4.01. The lowest BCUT2D eigenvalue weighted by Gasteiger charge is -2.08. The van der Waals surface area contributed by atoms with Crippen LogP contribution >= 0.6 is 0 Å². The van der Waals surface area contributed by atoms with Gasteiger partial charge in [-0.05, 0) is 41.8 Å². The van der Waals surface area contributed by atoms with Crippen molar-refractivity contribution in [1.82, 2.24) is 0 Å². The molecule has 100 valence electrons. The summed E-state index contributed by atoms with van der Waals surface area (Å²) in [6.07, 6.45) is 1.03. The molecule has 0 unspecified atom stereocenters. The van der Waals surface area contributed by atoms with Crippen LogP contribution in [0.4, 0.5) is 10.1 Å². The highest BCUT2D eigenvalue weighted by Crippen LogP contribution is 2.18. The number of hydrogen-bond donors (Lipinski definition) is 1. The number of anilines is 1. The van der Waals surface area contributed by atoms with Gasteiger partial charge in [0.25, 0.3) is 0 Å². The van der Waals surface area contributed by atoms with Crippen LogP contribution in [0.25, 0.3) is 0 Å². The summed E-state index contributed by atoms with van der Waals surface area (Å²) in [5.74, 6) is -0.0563. The lowest BCUT2D eigenvalue weighted by atomic mass is 10.1. The van der Waals surface area contributed by atoms with Crippen molar-refractivity contribution < 1.29 is 9.13 Å². The topological polar surface area (TPSA) is 21.3 Å². The van der Waals surface area contributed by atoms with E-state index in [2.05, 4.69) is 24.4 Å². The van der Waals surface area contributed by atoms with Crippen molar-refractivity contribution >= 4 is 5.69 Å². The maximum atomic E-state index is 13.5. The van der Waals surface area contributed by atoms with Gasteiger partial charge in [-0.1, -0.05) is 25.1 Å². The number of hydrogen-bond acceptors (Lipinski definition) is 2. The molecule has 2 rings (SSSR count). The third-order valence-corrected chi connectivity index (χ3v) is 3.08. The van der Waals surface area contributed by atoms with Crippen molar-refractivity contribution in [1.29, 1.82) is 0 Å². The molecule has 0 atom stereocenters. The molecule has 1 N–H and O–H groups in total. The molecule has 2 aromatic rings. The molecule has 0 radical (unpaired) electrons. The Morgan fingerprint density at radius 1 is 1.05 bits per heavy atom. The summed E-state index contributed by atoms with van der Waals surface area (Å²) >= 11 is 0. The highest BCUT2D eigenvalue weighted by Gasteiger charge is 2.03. The third-order valence-electron chi connectivity index (χ3n) is 3.08. The smallest absolute Gasteiger partial charge is 0.165 e. The van der Waals surface area contributed by atoms with Gasteiger partial charge in [0, 0.05) is 12.2 Å². The maximum absolute atomic E-state index is 13.5. The Balaban J connectivity index is 1.99. The number of methoxy groups -OCH3 is 1. The van der Waals surface area contributed by atoms with Gasteiger partial charge in [-0.3, -0.25) is 0 Å². The normalized spacial score (nSPS) is 10.3. The molecule has 3 heteroatoms. The van der Waals surface area contributed by atoms with Crippen molar-refractivity contribution in [2.45, 2.75) is 19.9 Å². The monoisotopic (exact) mass is 259 g/mol. The van der Waals surface area contributed by atoms with Crippen molar-refractivity contribution in [3.8, 4) is 5.75 Å². The Bertz CT molecular complexity index is 537. The molecule has 0 aliphatic rings. The van der Waals surface area contributed by atoms with Crippen LogP contribution < -0.4 is 10.1 Å². The molecular weight excluding hydrogens is 241 g/mol. The molecule has 0 aliphatic heterocycles. The Labute approximate surface area is 113 Å². The van der Waals surface area contributed by atoms with E-state index in [0.29, 0.717) is 6.54 Å². The fourth-order valence-electron chi connectivity index (χ4n) is 1.88. The van der Waals surface area contributed by atoms with Gasteiger partial charge in [0.05, 0.1) is 7.11 Å². The second kappa shape index (κ2) is 6.23. The van der Waals surface area contributed by atoms with Gasteiger partial charge in [0.2, 0.25) is 0 Å². The van der Waals surface area contributed by atoms with E-state index < -0.39 is 0 Å². The zero-order valence-electron chi connectivity index (χ0n) is 11.2. The van der Waals surface area contributed by atoms with E-state index in [9.17, 15) is 4.39 Å². The molecule has 0 aromatic heterocycles. The molecule has 0 bridgehead atoms. The number of halogens is 1. The van der Waals surface area contributed by atoms with E-state index in [0.717, 1.165) is 17.7 Å². The average molecular weight is 259 g/mol. The second-order valence-electron chi connectivity index (χ2n) is 4.37. The lowest BCUT2D eigenvalue weighted by molar-refractivity contribution is 0.386. The van der Waals surface area contributed by atoms with Crippen molar-refractivity contribution in [3.63, 3.8) is 0 Å². The quantitative estimate of drug-likeness (QED) is 0.876. The number of ether oxygens (including phenoxy) is 1. The Hall–Kier alpha value is -2.03. The van der Waals surface area contributed by atoms with Crippen LogP contribution in [0.2, 0.25) is 0 Å². The highest BCUT2D eigenvalue weighted by atomic mass is 19.1. The summed E-state index contributed by atoms with van der Waals surface area (Å²) < 4.78 is 18.4. The Morgan fingerprint density at radius 2 is 1.74 bits per heavy atom. The molecule has 2 aromatic carbocycles. The second-order valence-corrected chi connectivity index (χ2v) is 4.37. The van der Waals surface area contributed by atoms with Crippen LogP contribution in [0.5, 0.6) is 5.75 Å². The first-order valence-electron chi connectivity index (χ1n) is 6.38. The van der Waals surface area contributed by atoms with E-state index in [1.54, 1.807) is 6.07 Å². The van der Waals surface area contributed by atoms with Crippen LogP contribution in [0.1, 0.15) is 18.1 Å². The first kappa shape index (κ1) is 13.4. The van der Waals surface area contributed by atoms with Gasteiger partial charge in [-0.25, -0.2) is 4.39 Å². The number of benzene rings is 2. The van der Waals surface area contributed by atoms with Gasteiger partial charge in [0.1, 0.15) is 0 Å². The van der Waals surface area contributed by atoms with Crippen LogP contribution in [0.3, 0.4) is 0 Å². The molecule has 0 amide bonds. The lowest BCUT2D eigenvalue weighted by Crippen LogP contribution is -2.00. The van der Waals surface area contributed by atoms with Gasteiger partial charge in [0.15, 0.2) is 11.6 Å². The van der Waals surface area contributed by atoms with Crippen LogP contribution in [0.15, 0.2) is 42.5 Å². The van der Waals surface area contributed by atoms with E-state index in [1.807, 2.05) is 18.2 Å². The number of aryl methyl sites for hydroxylation is 1. The molecule has 0 saturated heterocycles. The summed E-state index contributed by atoms with van der Waals surface area (Å²) in [5.41, 5.74) is 3.23. The van der Waals surface area contributed by atoms with Crippen LogP contribution in [0, 0.1) is 5.82 Å². The van der Waals surface area contributed by atoms with Crippen LogP contribution in [-0.4, -0.2) is 7.11 Å². The molecular formula is C16H18FNO. The minimum Gasteiger partial charge on any atom is -0.494 e. The Kier molecular flexibility index (Phi) is 4.39. The molecule has 2 nitrogen and oxygen atoms in total. The van der Waals surface area contributed by atoms with E-state index >= 15 is 0 Å². The van der Waals surface area contributed by atoms with Gasteiger partial charge in [-0.2, -0.15) is 0 Å². The van der Waals surface area contributed by atoms with Crippen molar-refractivity contribution in [3.05, 3.63) is 59.4 Å². The molecule has 0 aliphatic carbocycles. The van der Waals surface area contributed by atoms with Crippen molar-refractivity contribution in [2.75, 3.05) is 12.4 Å². The Morgan fingerprint density at radius 3 is 2.32 bits per heavy atom. The molecule has 0 saturated carbocycles.